The first kappa shape index (κ1) is 13.6. The van der Waals surface area contributed by atoms with Crippen LogP contribution in [0.15, 0.2) is 24.3 Å². The average Bonchev–Trinajstić information content (AvgIpc) is 2.75. The van der Waals surface area contributed by atoms with E-state index in [9.17, 15) is 14.7 Å². The zero-order chi connectivity index (χ0) is 14.0. The predicted molar refractivity (Wildman–Crippen MR) is 71.9 cm³/mol. The van der Waals surface area contributed by atoms with E-state index in [2.05, 4.69) is 0 Å². The molecule has 0 unspecified atom stereocenters. The molecule has 0 spiro atoms. The lowest BCUT2D eigenvalue weighted by Crippen LogP contribution is -2.57. The van der Waals surface area contributed by atoms with Crippen LogP contribution in [0.4, 0.5) is 0 Å². The van der Waals surface area contributed by atoms with E-state index in [1.165, 1.54) is 11.8 Å². The standard InChI is InChI=1S/C15H19NO3/c1-3-8-16(11(2)17)15(14(18)19)9-12-6-4-5-7-13(12)10-15/h4-7H,3,8-10H2,1-2H3,(H,18,19). The van der Waals surface area contributed by atoms with Gasteiger partial charge in [-0.3, -0.25) is 4.79 Å². The van der Waals surface area contributed by atoms with Crippen LogP contribution >= 0.6 is 0 Å². The van der Waals surface area contributed by atoms with Gasteiger partial charge >= 0.3 is 5.97 Å². The number of carbonyl (C=O) groups excluding carboxylic acids is 1. The lowest BCUT2D eigenvalue weighted by Gasteiger charge is -2.37. The molecule has 0 radical (unpaired) electrons. The van der Waals surface area contributed by atoms with Gasteiger partial charge in [-0.2, -0.15) is 0 Å². The van der Waals surface area contributed by atoms with Gasteiger partial charge in [0.05, 0.1) is 0 Å². The highest BCUT2D eigenvalue weighted by Crippen LogP contribution is 2.35. The van der Waals surface area contributed by atoms with Crippen LogP contribution in [0.2, 0.25) is 0 Å². The lowest BCUT2D eigenvalue weighted by molar-refractivity contribution is -0.158. The summed E-state index contributed by atoms with van der Waals surface area (Å²) in [5, 5.41) is 9.69. The van der Waals surface area contributed by atoms with Crippen molar-refractivity contribution in [2.45, 2.75) is 38.6 Å². The van der Waals surface area contributed by atoms with Crippen molar-refractivity contribution in [1.82, 2.24) is 4.90 Å². The van der Waals surface area contributed by atoms with Crippen molar-refractivity contribution < 1.29 is 14.7 Å². The summed E-state index contributed by atoms with van der Waals surface area (Å²) in [6.07, 6.45) is 1.56. The van der Waals surface area contributed by atoms with Gasteiger partial charge in [-0.05, 0) is 17.5 Å². The normalized spacial score (nSPS) is 15.9. The third-order valence-corrected chi connectivity index (χ3v) is 3.83. The van der Waals surface area contributed by atoms with Crippen LogP contribution in [0.5, 0.6) is 0 Å². The minimum atomic E-state index is -1.11. The van der Waals surface area contributed by atoms with Crippen LogP contribution in [0.1, 0.15) is 31.4 Å². The van der Waals surface area contributed by atoms with Crippen molar-refractivity contribution in [1.29, 1.82) is 0 Å². The zero-order valence-electron chi connectivity index (χ0n) is 11.3. The summed E-state index contributed by atoms with van der Waals surface area (Å²) < 4.78 is 0. The Balaban J connectivity index is 2.42. The monoisotopic (exact) mass is 261 g/mol. The van der Waals surface area contributed by atoms with Gasteiger partial charge in [0.25, 0.3) is 0 Å². The molecule has 0 heterocycles. The molecule has 1 aliphatic carbocycles. The van der Waals surface area contributed by atoms with E-state index in [4.69, 9.17) is 0 Å². The molecule has 0 saturated carbocycles. The number of hydrogen-bond acceptors (Lipinski definition) is 2. The molecule has 1 N–H and O–H groups in total. The average molecular weight is 261 g/mol. The first-order valence-corrected chi connectivity index (χ1v) is 6.59. The maximum Gasteiger partial charge on any atom is 0.330 e. The van der Waals surface area contributed by atoms with Gasteiger partial charge in [0.15, 0.2) is 0 Å². The number of nitrogens with zero attached hydrogens (tertiary/aromatic N) is 1. The Morgan fingerprint density at radius 3 is 2.16 bits per heavy atom. The summed E-state index contributed by atoms with van der Waals surface area (Å²) >= 11 is 0. The number of hydrogen-bond donors (Lipinski definition) is 1. The number of carboxylic acids is 1. The fourth-order valence-electron chi connectivity index (χ4n) is 2.95. The molecule has 4 heteroatoms. The summed E-state index contributed by atoms with van der Waals surface area (Å²) in [7, 11) is 0. The van der Waals surface area contributed by atoms with E-state index in [0.717, 1.165) is 17.5 Å². The number of aliphatic carboxylic acids is 1. The minimum Gasteiger partial charge on any atom is -0.479 e. The van der Waals surface area contributed by atoms with Gasteiger partial charge in [0, 0.05) is 26.3 Å². The minimum absolute atomic E-state index is 0.169. The second-order valence-electron chi connectivity index (χ2n) is 5.13. The van der Waals surface area contributed by atoms with Crippen LogP contribution in [0, 0.1) is 0 Å². The van der Waals surface area contributed by atoms with E-state index < -0.39 is 11.5 Å². The Bertz CT molecular complexity index is 485. The van der Waals surface area contributed by atoms with E-state index in [-0.39, 0.29) is 5.91 Å². The summed E-state index contributed by atoms with van der Waals surface area (Å²) in [5.74, 6) is -1.08. The predicted octanol–water partition coefficient (Wildman–Crippen LogP) is 1.87. The zero-order valence-corrected chi connectivity index (χ0v) is 11.3. The van der Waals surface area contributed by atoms with Gasteiger partial charge in [0.1, 0.15) is 5.54 Å². The molecule has 0 fully saturated rings. The first-order valence-electron chi connectivity index (χ1n) is 6.59. The van der Waals surface area contributed by atoms with Crippen LogP contribution < -0.4 is 0 Å². The maximum atomic E-state index is 11.8. The molecule has 102 valence electrons. The third kappa shape index (κ3) is 2.23. The highest BCUT2D eigenvalue weighted by Gasteiger charge is 2.49. The highest BCUT2D eigenvalue weighted by molar-refractivity contribution is 5.87. The third-order valence-electron chi connectivity index (χ3n) is 3.83. The molecular weight excluding hydrogens is 242 g/mol. The molecule has 0 atom stereocenters. The smallest absolute Gasteiger partial charge is 0.330 e. The Hall–Kier alpha value is -1.84. The Labute approximate surface area is 113 Å². The second kappa shape index (κ2) is 5.03. The summed E-state index contributed by atoms with van der Waals surface area (Å²) in [6.45, 7) is 3.88. The maximum absolute atomic E-state index is 11.8. The number of carbonyl (C=O) groups is 2. The molecule has 0 aliphatic heterocycles. The van der Waals surface area contributed by atoms with Crippen molar-refractivity contribution in [3.05, 3.63) is 35.4 Å². The molecule has 19 heavy (non-hydrogen) atoms. The van der Waals surface area contributed by atoms with Crippen LogP contribution in [0.25, 0.3) is 0 Å². The number of fused-ring (bicyclic) bond motifs is 1. The highest BCUT2D eigenvalue weighted by atomic mass is 16.4. The van der Waals surface area contributed by atoms with Crippen molar-refractivity contribution >= 4 is 11.9 Å². The van der Waals surface area contributed by atoms with E-state index in [0.29, 0.717) is 19.4 Å². The van der Waals surface area contributed by atoms with Crippen molar-refractivity contribution in [3.8, 4) is 0 Å². The van der Waals surface area contributed by atoms with Crippen LogP contribution in [-0.4, -0.2) is 34.0 Å². The molecule has 1 amide bonds. The van der Waals surface area contributed by atoms with Gasteiger partial charge in [-0.15, -0.1) is 0 Å². The largest absolute Gasteiger partial charge is 0.479 e. The molecule has 2 rings (SSSR count). The summed E-state index contributed by atoms with van der Waals surface area (Å²) in [6, 6.07) is 7.72. The van der Waals surface area contributed by atoms with Gasteiger partial charge in [0.2, 0.25) is 5.91 Å². The molecule has 1 aromatic rings. The Kier molecular flexibility index (Phi) is 3.60. The van der Waals surface area contributed by atoms with Crippen molar-refractivity contribution in [2.75, 3.05) is 6.54 Å². The second-order valence-corrected chi connectivity index (χ2v) is 5.13. The lowest BCUT2D eigenvalue weighted by atomic mass is 9.92. The molecule has 0 aromatic heterocycles. The van der Waals surface area contributed by atoms with Gasteiger partial charge in [-0.1, -0.05) is 31.2 Å². The topological polar surface area (TPSA) is 57.6 Å². The van der Waals surface area contributed by atoms with E-state index in [1.54, 1.807) is 0 Å². The van der Waals surface area contributed by atoms with Gasteiger partial charge in [-0.25, -0.2) is 4.79 Å². The molecular formula is C15H19NO3. The first-order chi connectivity index (χ1) is 9.01. The van der Waals surface area contributed by atoms with Crippen molar-refractivity contribution in [3.63, 3.8) is 0 Å². The number of rotatable bonds is 4. The Morgan fingerprint density at radius 2 is 1.79 bits per heavy atom. The van der Waals surface area contributed by atoms with Crippen LogP contribution in [0.3, 0.4) is 0 Å². The van der Waals surface area contributed by atoms with Gasteiger partial charge < -0.3 is 10.0 Å². The molecule has 1 aliphatic rings. The number of carboxylic acid groups (broad SMARTS) is 1. The molecule has 0 bridgehead atoms. The number of benzene rings is 1. The summed E-state index contributed by atoms with van der Waals surface area (Å²) in [4.78, 5) is 25.2. The quantitative estimate of drug-likeness (QED) is 0.900. The van der Waals surface area contributed by atoms with Crippen molar-refractivity contribution in [2.24, 2.45) is 0 Å². The van der Waals surface area contributed by atoms with E-state index >= 15 is 0 Å². The SMILES string of the molecule is CCCN(C(C)=O)C1(C(=O)O)Cc2ccccc2C1. The summed E-state index contributed by atoms with van der Waals surface area (Å²) in [5.41, 5.74) is 0.963. The fraction of sp³-hybridized carbons (Fsp3) is 0.467. The Morgan fingerprint density at radius 1 is 1.26 bits per heavy atom. The van der Waals surface area contributed by atoms with E-state index in [1.807, 2.05) is 31.2 Å². The molecule has 1 aromatic carbocycles. The number of amides is 1. The van der Waals surface area contributed by atoms with Crippen LogP contribution in [-0.2, 0) is 22.4 Å². The fourth-order valence-corrected chi connectivity index (χ4v) is 2.95. The molecule has 4 nitrogen and oxygen atoms in total. The molecule has 0 saturated heterocycles.